The first-order valence-electron chi connectivity index (χ1n) is 10.8. The largest absolute Gasteiger partial charge is 0.497 e. The number of fused-ring (bicyclic) bond motifs is 1. The number of hydrogen-bond donors (Lipinski definition) is 2. The molecule has 2 aliphatic rings. The molecule has 2 heterocycles. The Morgan fingerprint density at radius 1 is 1.12 bits per heavy atom. The number of ether oxygens (including phenoxy) is 2. The number of carbonyl (C=O) groups excluding carboxylic acids is 1. The summed E-state index contributed by atoms with van der Waals surface area (Å²) < 4.78 is 12.2. The topological polar surface area (TPSA) is 84.8 Å². The van der Waals surface area contributed by atoms with E-state index in [1.807, 2.05) is 42.5 Å². The molecule has 0 spiro atoms. The maximum absolute atomic E-state index is 13.3. The highest BCUT2D eigenvalue weighted by molar-refractivity contribution is 7.22. The molecule has 3 aromatic rings. The Labute approximate surface area is 196 Å². The molecule has 1 aromatic heterocycles. The van der Waals surface area contributed by atoms with Crippen molar-refractivity contribution < 1.29 is 14.3 Å². The van der Waals surface area contributed by atoms with Gasteiger partial charge in [0.2, 0.25) is 5.96 Å². The fraction of sp³-hybridized carbons (Fsp3) is 0.320. The lowest BCUT2D eigenvalue weighted by Crippen LogP contribution is -2.41. The van der Waals surface area contributed by atoms with Crippen LogP contribution in [-0.4, -0.2) is 30.9 Å². The number of ketones is 1. The maximum atomic E-state index is 13.3. The molecule has 0 radical (unpaired) electrons. The Morgan fingerprint density at radius 2 is 1.94 bits per heavy atom. The van der Waals surface area contributed by atoms with Crippen LogP contribution in [0.1, 0.15) is 38.3 Å². The second-order valence-corrected chi connectivity index (χ2v) is 10.1. The van der Waals surface area contributed by atoms with Gasteiger partial charge < -0.3 is 20.1 Å². The van der Waals surface area contributed by atoms with Crippen LogP contribution in [0.3, 0.4) is 0 Å². The highest BCUT2D eigenvalue weighted by Crippen LogP contribution is 2.45. The number of carbonyl (C=O) groups is 1. The van der Waals surface area contributed by atoms with Crippen LogP contribution in [0.15, 0.2) is 58.7 Å². The standard InChI is InChI=1S/C25H26N4O3S/c1-25(2)12-17-21(18(30)13-25)22(15-11-14(31-3)9-10-19(15)32-4)28-23(26-17)29-24-27-16-7-5-6-8-20(16)33-24/h5-11,22H,12-13H2,1-4H3,(H2,26,27,28,29)/t22-/m0/s1. The number of aromatic nitrogens is 1. The van der Waals surface area contributed by atoms with Gasteiger partial charge in [0.05, 0.1) is 24.4 Å². The molecule has 5 rings (SSSR count). The normalized spacial score (nSPS) is 19.6. The molecule has 33 heavy (non-hydrogen) atoms. The number of Topliss-reactive ketones (excluding diaryl/α,β-unsaturated/α-hetero) is 1. The summed E-state index contributed by atoms with van der Waals surface area (Å²) >= 11 is 1.56. The average molecular weight is 463 g/mol. The summed E-state index contributed by atoms with van der Waals surface area (Å²) in [6.07, 6.45) is 1.23. The molecule has 170 valence electrons. The van der Waals surface area contributed by atoms with Crippen molar-refractivity contribution in [3.05, 3.63) is 59.3 Å². The summed E-state index contributed by atoms with van der Waals surface area (Å²) in [5, 5.41) is 7.47. The fourth-order valence-corrected chi connectivity index (χ4v) is 5.37. The minimum Gasteiger partial charge on any atom is -0.497 e. The van der Waals surface area contributed by atoms with E-state index in [2.05, 4.69) is 29.5 Å². The second kappa shape index (κ2) is 8.19. The van der Waals surface area contributed by atoms with Gasteiger partial charge in [0.15, 0.2) is 10.9 Å². The van der Waals surface area contributed by atoms with Gasteiger partial charge in [-0.3, -0.25) is 4.79 Å². The zero-order chi connectivity index (χ0) is 23.2. The second-order valence-electron chi connectivity index (χ2n) is 9.06. The summed E-state index contributed by atoms with van der Waals surface area (Å²) in [7, 11) is 3.24. The number of nitrogens with one attached hydrogen (secondary N) is 2. The monoisotopic (exact) mass is 462 g/mol. The predicted molar refractivity (Wildman–Crippen MR) is 131 cm³/mol. The molecule has 0 saturated carbocycles. The Balaban J connectivity index is 1.60. The van der Waals surface area contributed by atoms with Crippen LogP contribution in [0.25, 0.3) is 10.2 Å². The van der Waals surface area contributed by atoms with Crippen LogP contribution < -0.4 is 20.1 Å². The number of hydrogen-bond acceptors (Lipinski definition) is 8. The van der Waals surface area contributed by atoms with Gasteiger partial charge in [0, 0.05) is 23.3 Å². The van der Waals surface area contributed by atoms with Crippen molar-refractivity contribution in [3.63, 3.8) is 0 Å². The molecular formula is C25H26N4O3S. The first-order valence-corrected chi connectivity index (χ1v) is 11.6. The molecule has 0 fully saturated rings. The van der Waals surface area contributed by atoms with E-state index in [1.165, 1.54) is 0 Å². The van der Waals surface area contributed by atoms with E-state index in [-0.39, 0.29) is 11.2 Å². The summed E-state index contributed by atoms with van der Waals surface area (Å²) in [4.78, 5) is 22.9. The molecule has 8 heteroatoms. The third-order valence-corrected chi connectivity index (χ3v) is 6.92. The SMILES string of the molecule is COc1ccc(OC)c([C@@H]2N=C(Nc3nc4ccccc4s3)NC3=C2C(=O)CC(C)(C)C3)c1. The Hall–Kier alpha value is -3.39. The van der Waals surface area contributed by atoms with Gasteiger partial charge in [-0.2, -0.15) is 0 Å². The Kier molecular flexibility index (Phi) is 5.32. The lowest BCUT2D eigenvalue weighted by Gasteiger charge is -2.37. The van der Waals surface area contributed by atoms with Gasteiger partial charge in [-0.05, 0) is 42.2 Å². The molecule has 0 saturated heterocycles. The van der Waals surface area contributed by atoms with Gasteiger partial charge in [-0.1, -0.05) is 37.3 Å². The summed E-state index contributed by atoms with van der Waals surface area (Å²) in [6, 6.07) is 13.1. The van der Waals surface area contributed by atoms with Crippen molar-refractivity contribution in [1.82, 2.24) is 10.3 Å². The van der Waals surface area contributed by atoms with Crippen molar-refractivity contribution >= 4 is 38.4 Å². The number of nitrogens with zero attached hydrogens (tertiary/aromatic N) is 2. The summed E-state index contributed by atoms with van der Waals surface area (Å²) in [6.45, 7) is 4.23. The maximum Gasteiger partial charge on any atom is 0.202 e. The number of allylic oxidation sites excluding steroid dienone is 1. The van der Waals surface area contributed by atoms with E-state index < -0.39 is 6.04 Å². The smallest absolute Gasteiger partial charge is 0.202 e. The van der Waals surface area contributed by atoms with Crippen molar-refractivity contribution in [2.24, 2.45) is 10.4 Å². The van der Waals surface area contributed by atoms with Crippen LogP contribution in [0.2, 0.25) is 0 Å². The van der Waals surface area contributed by atoms with Crippen LogP contribution in [0.4, 0.5) is 5.13 Å². The van der Waals surface area contributed by atoms with Crippen molar-refractivity contribution in [1.29, 1.82) is 0 Å². The van der Waals surface area contributed by atoms with Crippen molar-refractivity contribution in [2.45, 2.75) is 32.7 Å². The molecule has 2 aromatic carbocycles. The quantitative estimate of drug-likeness (QED) is 0.563. The van der Waals surface area contributed by atoms with Gasteiger partial charge in [-0.15, -0.1) is 0 Å². The molecule has 0 unspecified atom stereocenters. The zero-order valence-electron chi connectivity index (χ0n) is 19.1. The highest BCUT2D eigenvalue weighted by Gasteiger charge is 2.40. The van der Waals surface area contributed by atoms with Crippen LogP contribution in [-0.2, 0) is 4.79 Å². The number of aliphatic imine (C=N–C) groups is 1. The lowest BCUT2D eigenvalue weighted by molar-refractivity contribution is -0.118. The first-order chi connectivity index (χ1) is 15.9. The van der Waals surface area contributed by atoms with E-state index in [0.717, 1.165) is 33.0 Å². The Bertz CT molecular complexity index is 1270. The van der Waals surface area contributed by atoms with Crippen LogP contribution >= 0.6 is 11.3 Å². The number of guanidine groups is 1. The molecule has 7 nitrogen and oxygen atoms in total. The van der Waals surface area contributed by atoms with Crippen LogP contribution in [0, 0.1) is 5.41 Å². The van der Waals surface area contributed by atoms with Crippen molar-refractivity contribution in [3.8, 4) is 11.5 Å². The molecule has 1 aliphatic heterocycles. The number of para-hydroxylation sites is 1. The number of rotatable bonds is 4. The van der Waals surface area contributed by atoms with E-state index in [9.17, 15) is 4.79 Å². The number of methoxy groups -OCH3 is 2. The molecule has 2 N–H and O–H groups in total. The average Bonchev–Trinajstić information content (AvgIpc) is 3.19. The van der Waals surface area contributed by atoms with E-state index in [1.54, 1.807) is 25.6 Å². The van der Waals surface area contributed by atoms with E-state index in [0.29, 0.717) is 29.5 Å². The molecule has 1 aliphatic carbocycles. The van der Waals surface area contributed by atoms with Crippen LogP contribution in [0.5, 0.6) is 11.5 Å². The molecule has 1 atom stereocenters. The van der Waals surface area contributed by atoms with Crippen molar-refractivity contribution in [2.75, 3.05) is 19.5 Å². The molecule has 0 amide bonds. The molecular weight excluding hydrogens is 436 g/mol. The number of anilines is 1. The third kappa shape index (κ3) is 4.06. The van der Waals surface area contributed by atoms with Gasteiger partial charge in [-0.25, -0.2) is 9.98 Å². The van der Waals surface area contributed by atoms with Gasteiger partial charge in [0.25, 0.3) is 0 Å². The first kappa shape index (κ1) is 21.5. The van der Waals surface area contributed by atoms with E-state index >= 15 is 0 Å². The fourth-order valence-electron chi connectivity index (χ4n) is 4.50. The lowest BCUT2D eigenvalue weighted by atomic mass is 9.73. The zero-order valence-corrected chi connectivity index (χ0v) is 19.9. The van der Waals surface area contributed by atoms with Gasteiger partial charge >= 0.3 is 0 Å². The predicted octanol–water partition coefficient (Wildman–Crippen LogP) is 5.07. The Morgan fingerprint density at radius 3 is 2.70 bits per heavy atom. The van der Waals surface area contributed by atoms with E-state index in [4.69, 9.17) is 14.5 Å². The molecule has 0 bridgehead atoms. The summed E-state index contributed by atoms with van der Waals surface area (Å²) in [5.74, 6) is 2.01. The highest BCUT2D eigenvalue weighted by atomic mass is 32.1. The minimum atomic E-state index is -0.508. The number of benzene rings is 2. The summed E-state index contributed by atoms with van der Waals surface area (Å²) in [5.41, 5.74) is 3.17. The minimum absolute atomic E-state index is 0.103. The third-order valence-electron chi connectivity index (χ3n) is 5.97. The van der Waals surface area contributed by atoms with Gasteiger partial charge in [0.1, 0.15) is 17.5 Å². The number of thiazole rings is 1.